The molecule has 0 atom stereocenters. The van der Waals surface area contributed by atoms with E-state index in [1.165, 1.54) is 11.3 Å². The van der Waals surface area contributed by atoms with Crippen LogP contribution in [0, 0.1) is 13.8 Å². The second-order valence-electron chi connectivity index (χ2n) is 5.41. The van der Waals surface area contributed by atoms with Crippen molar-refractivity contribution in [3.05, 3.63) is 39.4 Å². The Labute approximate surface area is 139 Å². The molecule has 0 spiro atoms. The highest BCUT2D eigenvalue weighted by Gasteiger charge is 2.13. The molecule has 0 radical (unpaired) electrons. The smallest absolute Gasteiger partial charge is 0.264 e. The number of carbonyl (C=O) groups excluding carboxylic acids is 1. The Hall–Kier alpha value is -1.59. The van der Waals surface area contributed by atoms with Crippen LogP contribution in [0.4, 0.5) is 5.13 Å². The molecule has 1 aromatic heterocycles. The minimum atomic E-state index is -0.225. The molecule has 2 rings (SSSR count). The van der Waals surface area contributed by atoms with Crippen LogP contribution in [0.15, 0.2) is 18.3 Å². The number of thiazole rings is 1. The Bertz CT molecular complexity index is 683. The van der Waals surface area contributed by atoms with Crippen molar-refractivity contribution >= 4 is 34.0 Å². The summed E-state index contributed by atoms with van der Waals surface area (Å²) in [4.78, 5) is 17.1. The number of aryl methyl sites for hydroxylation is 2. The molecule has 22 heavy (non-hydrogen) atoms. The Kier molecular flexibility index (Phi) is 5.42. The van der Waals surface area contributed by atoms with Gasteiger partial charge >= 0.3 is 0 Å². The fourth-order valence-electron chi connectivity index (χ4n) is 1.96. The fourth-order valence-corrected chi connectivity index (χ4v) is 2.81. The van der Waals surface area contributed by atoms with E-state index in [1.807, 2.05) is 26.0 Å². The van der Waals surface area contributed by atoms with Gasteiger partial charge in [-0.25, -0.2) is 4.98 Å². The summed E-state index contributed by atoms with van der Waals surface area (Å²) in [7, 11) is 0. The third-order valence-corrected chi connectivity index (χ3v) is 4.37. The van der Waals surface area contributed by atoms with Gasteiger partial charge in [-0.1, -0.05) is 25.4 Å². The van der Waals surface area contributed by atoms with Crippen LogP contribution < -0.4 is 10.1 Å². The van der Waals surface area contributed by atoms with Gasteiger partial charge in [-0.3, -0.25) is 10.1 Å². The molecule has 118 valence electrons. The van der Waals surface area contributed by atoms with Gasteiger partial charge in [0.15, 0.2) is 11.7 Å². The number of hydrogen-bond acceptors (Lipinski definition) is 4. The van der Waals surface area contributed by atoms with Gasteiger partial charge in [-0.15, -0.1) is 11.3 Å². The van der Waals surface area contributed by atoms with Crippen molar-refractivity contribution in [1.82, 2.24) is 4.98 Å². The van der Waals surface area contributed by atoms with Gasteiger partial charge in [0, 0.05) is 16.1 Å². The van der Waals surface area contributed by atoms with Crippen LogP contribution in [0.5, 0.6) is 5.75 Å². The molecule has 0 fully saturated rings. The lowest BCUT2D eigenvalue weighted by Crippen LogP contribution is -2.20. The van der Waals surface area contributed by atoms with E-state index in [4.69, 9.17) is 16.3 Å². The number of nitrogens with zero attached hydrogens (tertiary/aromatic N) is 1. The van der Waals surface area contributed by atoms with Crippen molar-refractivity contribution in [2.24, 2.45) is 0 Å². The van der Waals surface area contributed by atoms with Crippen LogP contribution in [0.25, 0.3) is 0 Å². The van der Waals surface area contributed by atoms with Crippen molar-refractivity contribution < 1.29 is 9.53 Å². The normalized spacial score (nSPS) is 10.8. The maximum absolute atomic E-state index is 11.9. The van der Waals surface area contributed by atoms with E-state index in [0.29, 0.717) is 15.9 Å². The second-order valence-corrected chi connectivity index (χ2v) is 7.05. The van der Waals surface area contributed by atoms with E-state index in [0.717, 1.165) is 16.0 Å². The number of ether oxygens (including phenoxy) is 1. The number of halogens is 1. The molecule has 0 aliphatic carbocycles. The number of anilines is 1. The standard InChI is InChI=1S/C16H19ClN2O2S/c1-9(2)12-6-13(17)10(3)5-14(12)21-8-15(20)19-16-18-7-11(4)22-16/h5-7,9H,8H2,1-4H3,(H,18,19,20). The number of rotatable bonds is 5. The van der Waals surface area contributed by atoms with Crippen LogP contribution in [-0.2, 0) is 4.79 Å². The average molecular weight is 339 g/mol. The van der Waals surface area contributed by atoms with Gasteiger partial charge in [0.1, 0.15) is 5.75 Å². The summed E-state index contributed by atoms with van der Waals surface area (Å²) >= 11 is 7.59. The van der Waals surface area contributed by atoms with E-state index in [-0.39, 0.29) is 18.4 Å². The lowest BCUT2D eigenvalue weighted by molar-refractivity contribution is -0.118. The Morgan fingerprint density at radius 3 is 2.73 bits per heavy atom. The lowest BCUT2D eigenvalue weighted by Gasteiger charge is -2.15. The van der Waals surface area contributed by atoms with Crippen molar-refractivity contribution in [3.63, 3.8) is 0 Å². The van der Waals surface area contributed by atoms with Crippen LogP contribution in [0.2, 0.25) is 5.02 Å². The monoisotopic (exact) mass is 338 g/mol. The molecule has 1 amide bonds. The molecule has 2 aromatic rings. The van der Waals surface area contributed by atoms with Crippen molar-refractivity contribution in [2.75, 3.05) is 11.9 Å². The van der Waals surface area contributed by atoms with Crippen LogP contribution in [-0.4, -0.2) is 17.5 Å². The van der Waals surface area contributed by atoms with E-state index >= 15 is 0 Å². The summed E-state index contributed by atoms with van der Waals surface area (Å²) in [5, 5.41) is 4.02. The summed E-state index contributed by atoms with van der Waals surface area (Å²) in [6, 6.07) is 3.78. The van der Waals surface area contributed by atoms with Gasteiger partial charge in [0.05, 0.1) is 0 Å². The van der Waals surface area contributed by atoms with E-state index in [1.54, 1.807) is 6.20 Å². The minimum Gasteiger partial charge on any atom is -0.483 e. The first kappa shape index (κ1) is 16.8. The molecular formula is C16H19ClN2O2S. The molecule has 6 heteroatoms. The largest absolute Gasteiger partial charge is 0.483 e. The second kappa shape index (κ2) is 7.11. The zero-order valence-electron chi connectivity index (χ0n) is 13.1. The van der Waals surface area contributed by atoms with E-state index < -0.39 is 0 Å². The lowest BCUT2D eigenvalue weighted by atomic mass is 10.0. The van der Waals surface area contributed by atoms with Gasteiger partial charge in [0.25, 0.3) is 5.91 Å². The summed E-state index contributed by atoms with van der Waals surface area (Å²) in [5.74, 6) is 0.733. The summed E-state index contributed by atoms with van der Waals surface area (Å²) in [6.45, 7) is 7.92. The Morgan fingerprint density at radius 1 is 1.41 bits per heavy atom. The van der Waals surface area contributed by atoms with Gasteiger partial charge in [-0.05, 0) is 43.0 Å². The van der Waals surface area contributed by atoms with Gasteiger partial charge < -0.3 is 4.74 Å². The topological polar surface area (TPSA) is 51.2 Å². The predicted octanol–water partition coefficient (Wildman–Crippen LogP) is 4.55. The van der Waals surface area contributed by atoms with E-state index in [9.17, 15) is 4.79 Å². The molecule has 0 bridgehead atoms. The molecule has 0 aliphatic rings. The highest BCUT2D eigenvalue weighted by molar-refractivity contribution is 7.15. The van der Waals surface area contributed by atoms with Crippen LogP contribution >= 0.6 is 22.9 Å². The van der Waals surface area contributed by atoms with E-state index in [2.05, 4.69) is 24.1 Å². The molecule has 0 saturated carbocycles. The molecule has 4 nitrogen and oxygen atoms in total. The van der Waals surface area contributed by atoms with Crippen molar-refractivity contribution in [1.29, 1.82) is 0 Å². The Morgan fingerprint density at radius 2 is 2.14 bits per heavy atom. The van der Waals surface area contributed by atoms with Gasteiger partial charge in [0.2, 0.25) is 0 Å². The molecule has 1 heterocycles. The molecule has 0 saturated heterocycles. The third kappa shape index (κ3) is 4.21. The molecule has 1 N–H and O–H groups in total. The van der Waals surface area contributed by atoms with Crippen molar-refractivity contribution in [3.8, 4) is 5.75 Å². The first-order valence-corrected chi connectivity index (χ1v) is 8.21. The van der Waals surface area contributed by atoms with Crippen LogP contribution in [0.1, 0.15) is 35.8 Å². The first-order chi connectivity index (χ1) is 10.4. The minimum absolute atomic E-state index is 0.0561. The van der Waals surface area contributed by atoms with Gasteiger partial charge in [-0.2, -0.15) is 0 Å². The van der Waals surface area contributed by atoms with Crippen molar-refractivity contribution in [2.45, 2.75) is 33.6 Å². The van der Waals surface area contributed by atoms with Crippen LogP contribution in [0.3, 0.4) is 0 Å². The highest BCUT2D eigenvalue weighted by atomic mass is 35.5. The number of aromatic nitrogens is 1. The number of carbonyl (C=O) groups is 1. The molecule has 1 aromatic carbocycles. The number of benzene rings is 1. The zero-order chi connectivity index (χ0) is 16.3. The average Bonchev–Trinajstić information content (AvgIpc) is 2.84. The first-order valence-electron chi connectivity index (χ1n) is 7.02. The number of nitrogens with one attached hydrogen (secondary N) is 1. The number of amides is 1. The maximum Gasteiger partial charge on any atom is 0.264 e. The zero-order valence-corrected chi connectivity index (χ0v) is 14.6. The summed E-state index contributed by atoms with van der Waals surface area (Å²) in [6.07, 6.45) is 1.72. The highest BCUT2D eigenvalue weighted by Crippen LogP contribution is 2.32. The summed E-state index contributed by atoms with van der Waals surface area (Å²) in [5.41, 5.74) is 1.92. The predicted molar refractivity (Wildman–Crippen MR) is 91.3 cm³/mol. The SMILES string of the molecule is Cc1cnc(NC(=O)COc2cc(C)c(Cl)cc2C(C)C)s1. The molecule has 0 unspecified atom stereocenters. The maximum atomic E-state index is 11.9. The fraction of sp³-hybridized carbons (Fsp3) is 0.375. The summed E-state index contributed by atoms with van der Waals surface area (Å²) < 4.78 is 5.68. The number of hydrogen-bond donors (Lipinski definition) is 1. The quantitative estimate of drug-likeness (QED) is 0.869. The molecular weight excluding hydrogens is 320 g/mol. The Balaban J connectivity index is 2.04. The third-order valence-electron chi connectivity index (χ3n) is 3.14. The molecule has 0 aliphatic heterocycles.